The Hall–Kier alpha value is -2.26. The fourth-order valence-corrected chi connectivity index (χ4v) is 4.91. The monoisotopic (exact) mass is 462 g/mol. The molecule has 0 aliphatic carbocycles. The summed E-state index contributed by atoms with van der Waals surface area (Å²) in [5.74, 6) is 0. The molecule has 0 saturated carbocycles. The molecule has 0 bridgehead atoms. The molecule has 0 spiro atoms. The van der Waals surface area contributed by atoms with Crippen molar-refractivity contribution in [3.8, 4) is 11.1 Å². The summed E-state index contributed by atoms with van der Waals surface area (Å²) in [6.07, 6.45) is 9.24. The van der Waals surface area contributed by atoms with Crippen molar-refractivity contribution in [3.05, 3.63) is 65.1 Å². The van der Waals surface area contributed by atoms with Crippen molar-refractivity contribution in [1.29, 1.82) is 0 Å². The lowest BCUT2D eigenvalue weighted by atomic mass is 10.0. The van der Waals surface area contributed by atoms with Gasteiger partial charge in [0.15, 0.2) is 0 Å². The van der Waals surface area contributed by atoms with Gasteiger partial charge in [0.2, 0.25) is 0 Å². The number of halogens is 1. The highest BCUT2D eigenvalue weighted by Crippen LogP contribution is 2.38. The van der Waals surface area contributed by atoms with Crippen LogP contribution in [0, 0.1) is 0 Å². The number of aryl methyl sites for hydroxylation is 1. The Balaban J connectivity index is 1.74. The molecule has 4 aromatic rings. The fourth-order valence-electron chi connectivity index (χ4n) is 4.55. The van der Waals surface area contributed by atoms with Crippen LogP contribution in [0.1, 0.15) is 51.9 Å². The fraction of sp³-hybridized carbons (Fsp3) is 0.333. The van der Waals surface area contributed by atoms with Crippen molar-refractivity contribution < 1.29 is 0 Å². The van der Waals surface area contributed by atoms with Gasteiger partial charge >= 0.3 is 0 Å². The number of hydrogen-bond donors (Lipinski definition) is 1. The molecule has 3 heteroatoms. The molecule has 0 saturated heterocycles. The highest BCUT2D eigenvalue weighted by Gasteiger charge is 2.16. The first-order valence-corrected chi connectivity index (χ1v) is 12.1. The van der Waals surface area contributed by atoms with E-state index in [0.717, 1.165) is 22.3 Å². The predicted molar refractivity (Wildman–Crippen MR) is 135 cm³/mol. The smallest absolute Gasteiger partial charge is 0.0571 e. The largest absolute Gasteiger partial charge is 0.398 e. The number of rotatable bonds is 9. The van der Waals surface area contributed by atoms with Crippen molar-refractivity contribution in [2.75, 3.05) is 5.73 Å². The van der Waals surface area contributed by atoms with E-state index in [-0.39, 0.29) is 0 Å². The third-order valence-electron chi connectivity index (χ3n) is 6.08. The van der Waals surface area contributed by atoms with E-state index in [1.165, 1.54) is 72.3 Å². The minimum Gasteiger partial charge on any atom is -0.398 e. The number of anilines is 1. The summed E-state index contributed by atoms with van der Waals surface area (Å²) in [4.78, 5) is 0. The molecule has 0 aliphatic rings. The topological polar surface area (TPSA) is 30.9 Å². The second kappa shape index (κ2) is 9.70. The molecular formula is C27H31BrN2. The van der Waals surface area contributed by atoms with Gasteiger partial charge in [-0.25, -0.2) is 0 Å². The lowest BCUT2D eigenvalue weighted by molar-refractivity contribution is 0.561. The number of benzene rings is 3. The van der Waals surface area contributed by atoms with Crippen LogP contribution in [0.4, 0.5) is 5.69 Å². The molecule has 2 N–H and O–H groups in total. The Morgan fingerprint density at radius 1 is 0.767 bits per heavy atom. The van der Waals surface area contributed by atoms with Crippen LogP contribution < -0.4 is 5.73 Å². The summed E-state index contributed by atoms with van der Waals surface area (Å²) in [5.41, 5.74) is 12.2. The van der Waals surface area contributed by atoms with E-state index < -0.39 is 0 Å². The second-order valence-electron chi connectivity index (χ2n) is 8.22. The predicted octanol–water partition coefficient (Wildman–Crippen LogP) is 8.56. The SMILES string of the molecule is CCCCCCCCCn1c2ccc(Br)cc2c2cccc(-c3ccccc3N)c21. The maximum absolute atomic E-state index is 6.37. The molecule has 2 nitrogen and oxygen atoms in total. The quantitative estimate of drug-likeness (QED) is 0.196. The maximum Gasteiger partial charge on any atom is 0.0571 e. The zero-order valence-electron chi connectivity index (χ0n) is 17.8. The van der Waals surface area contributed by atoms with Gasteiger partial charge in [-0.15, -0.1) is 0 Å². The standard InChI is InChI=1S/C27H31BrN2/c1-2-3-4-5-6-7-10-18-30-26-17-16-20(28)19-24(26)23-14-11-13-22(27(23)30)21-12-8-9-15-25(21)29/h8-9,11-17,19H,2-7,10,18,29H2,1H3. The van der Waals surface area contributed by atoms with Crippen molar-refractivity contribution in [1.82, 2.24) is 4.57 Å². The Bertz CT molecular complexity index is 1140. The van der Waals surface area contributed by atoms with Crippen LogP contribution in [0.2, 0.25) is 0 Å². The molecular weight excluding hydrogens is 432 g/mol. The molecule has 0 amide bonds. The van der Waals surface area contributed by atoms with Crippen molar-refractivity contribution in [2.24, 2.45) is 0 Å². The van der Waals surface area contributed by atoms with E-state index in [2.05, 4.69) is 76.0 Å². The van der Waals surface area contributed by atoms with Crippen LogP contribution in [0.5, 0.6) is 0 Å². The molecule has 0 atom stereocenters. The summed E-state index contributed by atoms with van der Waals surface area (Å²) in [5, 5.41) is 2.61. The summed E-state index contributed by atoms with van der Waals surface area (Å²) in [7, 11) is 0. The molecule has 0 fully saturated rings. The number of para-hydroxylation sites is 2. The van der Waals surface area contributed by atoms with Gasteiger partial charge in [0.1, 0.15) is 0 Å². The van der Waals surface area contributed by atoms with E-state index in [0.29, 0.717) is 0 Å². The molecule has 1 aromatic heterocycles. The summed E-state index contributed by atoms with van der Waals surface area (Å²) >= 11 is 3.67. The first-order valence-electron chi connectivity index (χ1n) is 11.3. The lowest BCUT2D eigenvalue weighted by Crippen LogP contribution is -2.00. The van der Waals surface area contributed by atoms with E-state index in [4.69, 9.17) is 5.73 Å². The van der Waals surface area contributed by atoms with Crippen LogP contribution in [-0.2, 0) is 6.54 Å². The van der Waals surface area contributed by atoms with E-state index in [1.807, 2.05) is 12.1 Å². The molecule has 156 valence electrons. The minimum absolute atomic E-state index is 0.832. The Morgan fingerprint density at radius 2 is 1.50 bits per heavy atom. The molecule has 30 heavy (non-hydrogen) atoms. The van der Waals surface area contributed by atoms with Crippen LogP contribution in [-0.4, -0.2) is 4.57 Å². The third-order valence-corrected chi connectivity index (χ3v) is 6.57. The average Bonchev–Trinajstić information content (AvgIpc) is 3.07. The summed E-state index contributed by atoms with van der Waals surface area (Å²) in [6, 6.07) is 21.5. The van der Waals surface area contributed by atoms with Gasteiger partial charge < -0.3 is 10.3 Å². The van der Waals surface area contributed by atoms with Crippen molar-refractivity contribution in [2.45, 2.75) is 58.4 Å². The van der Waals surface area contributed by atoms with Crippen LogP contribution in [0.15, 0.2) is 65.1 Å². The molecule has 1 heterocycles. The van der Waals surface area contributed by atoms with Crippen molar-refractivity contribution >= 4 is 43.4 Å². The van der Waals surface area contributed by atoms with Gasteiger partial charge in [-0.1, -0.05) is 97.8 Å². The van der Waals surface area contributed by atoms with Crippen LogP contribution in [0.25, 0.3) is 32.9 Å². The number of nitrogen functional groups attached to an aromatic ring is 1. The Morgan fingerprint density at radius 3 is 2.30 bits per heavy atom. The highest BCUT2D eigenvalue weighted by molar-refractivity contribution is 9.10. The Kier molecular flexibility index (Phi) is 6.79. The minimum atomic E-state index is 0.832. The van der Waals surface area contributed by atoms with Gasteiger partial charge in [0, 0.05) is 44.1 Å². The van der Waals surface area contributed by atoms with Crippen LogP contribution in [0.3, 0.4) is 0 Å². The van der Waals surface area contributed by atoms with Crippen molar-refractivity contribution in [3.63, 3.8) is 0 Å². The summed E-state index contributed by atoms with van der Waals surface area (Å²) < 4.78 is 3.64. The van der Waals surface area contributed by atoms with Gasteiger partial charge in [-0.2, -0.15) is 0 Å². The number of nitrogens with two attached hydrogens (primary N) is 1. The van der Waals surface area contributed by atoms with E-state index >= 15 is 0 Å². The maximum atomic E-state index is 6.37. The van der Waals surface area contributed by atoms with E-state index in [9.17, 15) is 0 Å². The summed E-state index contributed by atoms with van der Waals surface area (Å²) in [6.45, 7) is 3.32. The Labute approximate surface area is 188 Å². The first kappa shape index (κ1) is 21.0. The lowest BCUT2D eigenvalue weighted by Gasteiger charge is -2.13. The zero-order valence-corrected chi connectivity index (χ0v) is 19.4. The first-order chi connectivity index (χ1) is 14.7. The number of aromatic nitrogens is 1. The van der Waals surface area contributed by atoms with Gasteiger partial charge in [0.05, 0.1) is 5.52 Å². The zero-order chi connectivity index (χ0) is 20.9. The molecule has 4 rings (SSSR count). The number of unbranched alkanes of at least 4 members (excludes halogenated alkanes) is 6. The number of fused-ring (bicyclic) bond motifs is 3. The van der Waals surface area contributed by atoms with E-state index in [1.54, 1.807) is 0 Å². The molecule has 0 radical (unpaired) electrons. The van der Waals surface area contributed by atoms with Gasteiger partial charge in [-0.3, -0.25) is 0 Å². The molecule has 0 aliphatic heterocycles. The normalized spacial score (nSPS) is 11.5. The van der Waals surface area contributed by atoms with Gasteiger partial charge in [0.25, 0.3) is 0 Å². The third kappa shape index (κ3) is 4.27. The average molecular weight is 463 g/mol. The molecule has 0 unspecified atom stereocenters. The molecule has 3 aromatic carbocycles. The highest BCUT2D eigenvalue weighted by atomic mass is 79.9. The van der Waals surface area contributed by atoms with Crippen LogP contribution >= 0.6 is 15.9 Å². The number of hydrogen-bond acceptors (Lipinski definition) is 1. The second-order valence-corrected chi connectivity index (χ2v) is 9.14. The van der Waals surface area contributed by atoms with Gasteiger partial charge in [-0.05, 0) is 30.7 Å². The number of nitrogens with zero attached hydrogens (tertiary/aromatic N) is 1.